The van der Waals surface area contributed by atoms with Crippen molar-refractivity contribution in [3.8, 4) is 0 Å². The number of benzene rings is 2. The number of carbonyl (C=O) groups excluding carboxylic acids is 1. The molecule has 2 N–H and O–H groups in total. The highest BCUT2D eigenvalue weighted by Gasteiger charge is 2.05. The maximum atomic E-state index is 11.6. The maximum absolute atomic E-state index is 11.6. The minimum Gasteiger partial charge on any atom is -0.307 e. The van der Waals surface area contributed by atoms with Crippen LogP contribution in [0.5, 0.6) is 0 Å². The standard InChI is InChI=1S/C14H11ClN4O3/c15-11-3-1-10(2-4-11)9-16-18-14(20)17-12-5-7-13(8-6-12)19(21)22/h1-9H,(H2,17,18,20)/b16-9+. The number of nitrogens with zero attached hydrogens (tertiary/aromatic N) is 2. The average Bonchev–Trinajstić information content (AvgIpc) is 2.50. The van der Waals surface area contributed by atoms with E-state index in [2.05, 4.69) is 15.8 Å². The molecular weight excluding hydrogens is 308 g/mol. The Morgan fingerprint density at radius 3 is 2.36 bits per heavy atom. The molecule has 0 saturated heterocycles. The van der Waals surface area contributed by atoms with Crippen LogP contribution >= 0.6 is 11.6 Å². The van der Waals surface area contributed by atoms with Gasteiger partial charge in [-0.25, -0.2) is 10.2 Å². The Kier molecular flexibility index (Phi) is 5.05. The summed E-state index contributed by atoms with van der Waals surface area (Å²) in [6.45, 7) is 0. The van der Waals surface area contributed by atoms with E-state index in [1.165, 1.54) is 30.5 Å². The van der Waals surface area contributed by atoms with Gasteiger partial charge in [0, 0.05) is 22.8 Å². The third-order valence-corrected chi connectivity index (χ3v) is 2.84. The van der Waals surface area contributed by atoms with E-state index >= 15 is 0 Å². The molecule has 0 aromatic heterocycles. The molecule has 8 heteroatoms. The summed E-state index contributed by atoms with van der Waals surface area (Å²) in [7, 11) is 0. The topological polar surface area (TPSA) is 96.6 Å². The molecule has 22 heavy (non-hydrogen) atoms. The number of urea groups is 1. The highest BCUT2D eigenvalue weighted by molar-refractivity contribution is 6.30. The molecule has 0 aliphatic rings. The molecule has 2 aromatic rings. The van der Waals surface area contributed by atoms with E-state index in [9.17, 15) is 14.9 Å². The molecule has 0 unspecified atom stereocenters. The number of non-ortho nitro benzene ring substituents is 1. The summed E-state index contributed by atoms with van der Waals surface area (Å²) < 4.78 is 0. The molecule has 0 atom stereocenters. The summed E-state index contributed by atoms with van der Waals surface area (Å²) >= 11 is 5.75. The van der Waals surface area contributed by atoms with Gasteiger partial charge >= 0.3 is 6.03 Å². The van der Waals surface area contributed by atoms with E-state index in [1.807, 2.05) is 0 Å². The number of hydrazone groups is 1. The van der Waals surface area contributed by atoms with Crippen molar-refractivity contribution in [1.82, 2.24) is 5.43 Å². The van der Waals surface area contributed by atoms with E-state index in [4.69, 9.17) is 11.6 Å². The van der Waals surface area contributed by atoms with Crippen molar-refractivity contribution in [2.45, 2.75) is 0 Å². The molecule has 0 bridgehead atoms. The number of rotatable bonds is 4. The molecular formula is C14H11ClN4O3. The Morgan fingerprint density at radius 2 is 1.77 bits per heavy atom. The van der Waals surface area contributed by atoms with Gasteiger partial charge in [0.25, 0.3) is 5.69 Å². The molecule has 112 valence electrons. The second-order valence-electron chi connectivity index (χ2n) is 4.18. The van der Waals surface area contributed by atoms with Crippen LogP contribution in [0.4, 0.5) is 16.2 Å². The van der Waals surface area contributed by atoms with Gasteiger partial charge in [0.15, 0.2) is 0 Å². The second-order valence-corrected chi connectivity index (χ2v) is 4.62. The van der Waals surface area contributed by atoms with Crippen LogP contribution in [-0.4, -0.2) is 17.2 Å². The number of nitro groups is 1. The zero-order valence-corrected chi connectivity index (χ0v) is 11.9. The van der Waals surface area contributed by atoms with Crippen LogP contribution in [0.15, 0.2) is 53.6 Å². The molecule has 0 aliphatic heterocycles. The fraction of sp³-hybridized carbons (Fsp3) is 0. The number of amides is 2. The lowest BCUT2D eigenvalue weighted by molar-refractivity contribution is -0.384. The zero-order valence-electron chi connectivity index (χ0n) is 11.2. The van der Waals surface area contributed by atoms with Gasteiger partial charge < -0.3 is 5.32 Å². The summed E-state index contributed by atoms with van der Waals surface area (Å²) in [6, 6.07) is 11.8. The predicted molar refractivity (Wildman–Crippen MR) is 84.3 cm³/mol. The lowest BCUT2D eigenvalue weighted by Gasteiger charge is -2.03. The van der Waals surface area contributed by atoms with E-state index in [0.717, 1.165) is 5.56 Å². The van der Waals surface area contributed by atoms with E-state index < -0.39 is 11.0 Å². The van der Waals surface area contributed by atoms with Crippen LogP contribution in [0.25, 0.3) is 0 Å². The molecule has 7 nitrogen and oxygen atoms in total. The second kappa shape index (κ2) is 7.19. The monoisotopic (exact) mass is 318 g/mol. The molecule has 0 heterocycles. The normalized spacial score (nSPS) is 10.4. The maximum Gasteiger partial charge on any atom is 0.339 e. The first-order valence-electron chi connectivity index (χ1n) is 6.15. The first kappa shape index (κ1) is 15.5. The van der Waals surface area contributed by atoms with Crippen LogP contribution in [0.2, 0.25) is 5.02 Å². The Balaban J connectivity index is 1.87. The van der Waals surface area contributed by atoms with Gasteiger partial charge in [-0.15, -0.1) is 0 Å². The minimum atomic E-state index is -0.556. The van der Waals surface area contributed by atoms with Crippen molar-refractivity contribution in [1.29, 1.82) is 0 Å². The van der Waals surface area contributed by atoms with Gasteiger partial charge in [-0.3, -0.25) is 10.1 Å². The smallest absolute Gasteiger partial charge is 0.307 e. The van der Waals surface area contributed by atoms with Gasteiger partial charge in [-0.05, 0) is 29.8 Å². The van der Waals surface area contributed by atoms with Crippen molar-refractivity contribution < 1.29 is 9.72 Å². The molecule has 2 rings (SSSR count). The third kappa shape index (κ3) is 4.57. The van der Waals surface area contributed by atoms with Crippen molar-refractivity contribution in [2.75, 3.05) is 5.32 Å². The largest absolute Gasteiger partial charge is 0.339 e. The van der Waals surface area contributed by atoms with Crippen molar-refractivity contribution in [3.63, 3.8) is 0 Å². The first-order valence-corrected chi connectivity index (χ1v) is 6.52. The average molecular weight is 319 g/mol. The first-order chi connectivity index (χ1) is 10.5. The lowest BCUT2D eigenvalue weighted by atomic mass is 10.2. The van der Waals surface area contributed by atoms with E-state index in [-0.39, 0.29) is 5.69 Å². The van der Waals surface area contributed by atoms with Crippen LogP contribution < -0.4 is 10.7 Å². The van der Waals surface area contributed by atoms with Gasteiger partial charge in [0.2, 0.25) is 0 Å². The summed E-state index contributed by atoms with van der Waals surface area (Å²) in [5.74, 6) is 0. The number of nitro benzene ring substituents is 1. The van der Waals surface area contributed by atoms with Gasteiger partial charge in [0.1, 0.15) is 0 Å². The van der Waals surface area contributed by atoms with E-state index in [0.29, 0.717) is 10.7 Å². The zero-order chi connectivity index (χ0) is 15.9. The van der Waals surface area contributed by atoms with Gasteiger partial charge in [-0.1, -0.05) is 23.7 Å². The number of nitrogens with one attached hydrogen (secondary N) is 2. The molecule has 0 spiro atoms. The van der Waals surface area contributed by atoms with Crippen LogP contribution in [0, 0.1) is 10.1 Å². The van der Waals surface area contributed by atoms with Crippen LogP contribution in [0.1, 0.15) is 5.56 Å². The number of halogens is 1. The van der Waals surface area contributed by atoms with Crippen molar-refractivity contribution in [3.05, 3.63) is 69.2 Å². The fourth-order valence-corrected chi connectivity index (χ4v) is 1.67. The molecule has 0 radical (unpaired) electrons. The third-order valence-electron chi connectivity index (χ3n) is 2.59. The summed E-state index contributed by atoms with van der Waals surface area (Å²) in [5, 5.41) is 17.4. The minimum absolute atomic E-state index is 0.0493. The molecule has 0 fully saturated rings. The highest BCUT2D eigenvalue weighted by Crippen LogP contribution is 2.15. The lowest BCUT2D eigenvalue weighted by Crippen LogP contribution is -2.24. The van der Waals surface area contributed by atoms with Crippen LogP contribution in [-0.2, 0) is 0 Å². The van der Waals surface area contributed by atoms with Crippen molar-refractivity contribution >= 4 is 35.2 Å². The van der Waals surface area contributed by atoms with Crippen LogP contribution in [0.3, 0.4) is 0 Å². The Hall–Kier alpha value is -2.93. The summed E-state index contributed by atoms with van der Waals surface area (Å²) in [5.41, 5.74) is 3.43. The molecule has 0 aliphatic carbocycles. The number of hydrogen-bond donors (Lipinski definition) is 2. The van der Waals surface area contributed by atoms with Crippen molar-refractivity contribution in [2.24, 2.45) is 5.10 Å². The quantitative estimate of drug-likeness (QED) is 0.513. The SMILES string of the molecule is O=C(N/N=C/c1ccc(Cl)cc1)Nc1ccc([N+](=O)[O-])cc1. The fourth-order valence-electron chi connectivity index (χ4n) is 1.54. The summed E-state index contributed by atoms with van der Waals surface area (Å²) in [6.07, 6.45) is 1.46. The van der Waals surface area contributed by atoms with Gasteiger partial charge in [-0.2, -0.15) is 5.10 Å². The van der Waals surface area contributed by atoms with E-state index in [1.54, 1.807) is 24.3 Å². The summed E-state index contributed by atoms with van der Waals surface area (Å²) in [4.78, 5) is 21.6. The molecule has 0 saturated carbocycles. The number of anilines is 1. The Labute approximate surface area is 130 Å². The Bertz CT molecular complexity index is 699. The molecule has 2 aromatic carbocycles. The highest BCUT2D eigenvalue weighted by atomic mass is 35.5. The number of hydrogen-bond acceptors (Lipinski definition) is 4. The Morgan fingerprint density at radius 1 is 1.14 bits per heavy atom. The number of carbonyl (C=O) groups is 1. The predicted octanol–water partition coefficient (Wildman–Crippen LogP) is 3.40. The molecule has 2 amide bonds. The van der Waals surface area contributed by atoms with Gasteiger partial charge in [0.05, 0.1) is 11.1 Å².